The van der Waals surface area contributed by atoms with E-state index in [1.165, 1.54) is 11.0 Å². The Morgan fingerprint density at radius 2 is 2.42 bits per heavy atom. The number of hydrogen-bond donors (Lipinski definition) is 3. The van der Waals surface area contributed by atoms with Gasteiger partial charge in [0, 0.05) is 11.1 Å². The highest BCUT2D eigenvalue weighted by Crippen LogP contribution is 2.30. The summed E-state index contributed by atoms with van der Waals surface area (Å²) in [6.07, 6.45) is 0.384. The van der Waals surface area contributed by atoms with Crippen LogP contribution in [0.3, 0.4) is 0 Å². The van der Waals surface area contributed by atoms with Gasteiger partial charge in [0.05, 0.1) is 12.7 Å². The van der Waals surface area contributed by atoms with E-state index in [1.54, 1.807) is 6.20 Å². The summed E-state index contributed by atoms with van der Waals surface area (Å²) in [5.41, 5.74) is 14.1. The van der Waals surface area contributed by atoms with Crippen LogP contribution in [0.15, 0.2) is 34.8 Å². The molecule has 0 aliphatic carbocycles. The van der Waals surface area contributed by atoms with Gasteiger partial charge in [0.25, 0.3) is 0 Å². The van der Waals surface area contributed by atoms with E-state index >= 15 is 0 Å². The molecule has 4 atom stereocenters. The van der Waals surface area contributed by atoms with Crippen LogP contribution in [0.4, 0.5) is 0 Å². The van der Waals surface area contributed by atoms with Crippen molar-refractivity contribution in [3.05, 3.63) is 35.1 Å². The lowest BCUT2D eigenvalue weighted by Gasteiger charge is -2.30. The molecule has 2 rings (SSSR count). The number of aliphatic imine (C=N–C) groups is 1. The van der Waals surface area contributed by atoms with E-state index in [0.29, 0.717) is 11.7 Å². The zero-order chi connectivity index (χ0) is 14.0. The Hall–Kier alpha value is -2.06. The summed E-state index contributed by atoms with van der Waals surface area (Å²) in [6.45, 7) is 3.32. The summed E-state index contributed by atoms with van der Waals surface area (Å²) >= 11 is 0. The molecule has 0 amide bonds. The Balaban J connectivity index is 2.25. The minimum atomic E-state index is -1.10. The van der Waals surface area contributed by atoms with Gasteiger partial charge in [0.2, 0.25) is 0 Å². The van der Waals surface area contributed by atoms with Crippen molar-refractivity contribution < 1.29 is 14.9 Å². The van der Waals surface area contributed by atoms with E-state index in [-0.39, 0.29) is 6.61 Å². The highest BCUT2D eigenvalue weighted by molar-refractivity contribution is 5.92. The molecule has 2 aliphatic heterocycles. The van der Waals surface area contributed by atoms with E-state index in [4.69, 9.17) is 21.1 Å². The monoisotopic (exact) mass is 266 g/mol. The Morgan fingerprint density at radius 1 is 1.68 bits per heavy atom. The van der Waals surface area contributed by atoms with Crippen LogP contribution in [0.5, 0.6) is 0 Å². The van der Waals surface area contributed by atoms with Gasteiger partial charge in [-0.2, -0.15) is 0 Å². The first-order valence-corrected chi connectivity index (χ1v) is 5.56. The molecule has 2 aliphatic rings. The Bertz CT molecular complexity index is 484. The summed E-state index contributed by atoms with van der Waals surface area (Å²) in [5.74, 6) is 0.591. The third-order valence-corrected chi connectivity index (χ3v) is 2.94. The van der Waals surface area contributed by atoms with E-state index in [1.807, 2.05) is 0 Å². The van der Waals surface area contributed by atoms with Crippen LogP contribution >= 0.6 is 0 Å². The Morgan fingerprint density at radius 3 is 3.00 bits per heavy atom. The highest BCUT2D eigenvalue weighted by Gasteiger charge is 2.46. The lowest BCUT2D eigenvalue weighted by molar-refractivity contribution is -0.0572. The van der Waals surface area contributed by atoms with Crippen LogP contribution in [0.2, 0.25) is 0 Å². The van der Waals surface area contributed by atoms with Crippen LogP contribution in [0.1, 0.15) is 0 Å². The summed E-state index contributed by atoms with van der Waals surface area (Å²) in [4.78, 5) is 8.14. The number of rotatable bonds is 3. The van der Waals surface area contributed by atoms with E-state index in [2.05, 4.69) is 21.6 Å². The molecule has 1 fully saturated rings. The van der Waals surface area contributed by atoms with Crippen LogP contribution in [-0.4, -0.2) is 52.0 Å². The number of azide groups is 1. The number of nitrogens with zero attached hydrogens (tertiary/aromatic N) is 5. The van der Waals surface area contributed by atoms with Crippen LogP contribution < -0.4 is 5.73 Å². The largest absolute Gasteiger partial charge is 0.394 e. The second-order valence-corrected chi connectivity index (χ2v) is 4.11. The summed E-state index contributed by atoms with van der Waals surface area (Å²) in [7, 11) is 0. The van der Waals surface area contributed by atoms with Crippen molar-refractivity contribution in [2.75, 3.05) is 6.61 Å². The number of hydrogen-bond acceptors (Lipinski definition) is 7. The zero-order valence-corrected chi connectivity index (χ0v) is 9.99. The average molecular weight is 266 g/mol. The molecule has 0 radical (unpaired) electrons. The molecule has 0 aromatic carbocycles. The maximum atomic E-state index is 9.93. The van der Waals surface area contributed by atoms with Crippen molar-refractivity contribution in [2.45, 2.75) is 24.5 Å². The Labute approximate surface area is 108 Å². The van der Waals surface area contributed by atoms with Gasteiger partial charge in [-0.25, -0.2) is 4.99 Å². The molecule has 2 heterocycles. The molecule has 1 unspecified atom stereocenters. The van der Waals surface area contributed by atoms with Crippen molar-refractivity contribution in [3.63, 3.8) is 0 Å². The number of aliphatic hydroxyl groups is 2. The smallest absolute Gasteiger partial charge is 0.146 e. The SMILES string of the molecule is C=C1N=C(N)C=CN1[C@@H]1O[C@H](CO)[C@H](O)C1N=[N+]=[N-]. The average Bonchev–Trinajstić information content (AvgIpc) is 2.68. The maximum Gasteiger partial charge on any atom is 0.146 e. The number of aliphatic hydroxyl groups excluding tert-OH is 2. The fraction of sp³-hybridized carbons (Fsp3) is 0.500. The fourth-order valence-electron chi connectivity index (χ4n) is 2.01. The van der Waals surface area contributed by atoms with Gasteiger partial charge < -0.3 is 25.6 Å². The maximum absolute atomic E-state index is 9.93. The third-order valence-electron chi connectivity index (χ3n) is 2.94. The molecule has 9 heteroatoms. The van der Waals surface area contributed by atoms with Gasteiger partial charge in [-0.15, -0.1) is 0 Å². The minimum Gasteiger partial charge on any atom is -0.394 e. The predicted molar refractivity (Wildman–Crippen MR) is 66.4 cm³/mol. The molecule has 0 aromatic heterocycles. The quantitative estimate of drug-likeness (QED) is 0.355. The second kappa shape index (κ2) is 5.29. The lowest BCUT2D eigenvalue weighted by atomic mass is 10.1. The molecule has 0 spiro atoms. The van der Waals surface area contributed by atoms with Crippen LogP contribution in [0, 0.1) is 0 Å². The standard InChI is InChI=1S/C10H14N6O3/c1-5-13-7(11)2-3-16(5)10-8(14-15-12)9(18)6(4-17)19-10/h2-3,6,8-10,17-18H,1,4H2,(H2,11,13)/t6-,8?,9+,10-/m1/s1. The van der Waals surface area contributed by atoms with Gasteiger partial charge in [0.1, 0.15) is 30.0 Å². The molecule has 9 nitrogen and oxygen atoms in total. The van der Waals surface area contributed by atoms with Crippen molar-refractivity contribution in [1.82, 2.24) is 4.90 Å². The molecular weight excluding hydrogens is 252 g/mol. The third kappa shape index (κ3) is 2.40. The first-order chi connectivity index (χ1) is 9.08. The van der Waals surface area contributed by atoms with Crippen molar-refractivity contribution in [1.29, 1.82) is 0 Å². The van der Waals surface area contributed by atoms with Gasteiger partial charge in [-0.3, -0.25) is 0 Å². The lowest BCUT2D eigenvalue weighted by Crippen LogP contribution is -2.40. The summed E-state index contributed by atoms with van der Waals surface area (Å²) < 4.78 is 5.47. The van der Waals surface area contributed by atoms with Gasteiger partial charge in [-0.1, -0.05) is 11.7 Å². The first-order valence-electron chi connectivity index (χ1n) is 5.56. The molecule has 1 saturated heterocycles. The first kappa shape index (κ1) is 13.4. The fourth-order valence-corrected chi connectivity index (χ4v) is 2.01. The zero-order valence-electron chi connectivity index (χ0n) is 9.99. The van der Waals surface area contributed by atoms with E-state index in [0.717, 1.165) is 0 Å². The molecule has 0 bridgehead atoms. The molecule has 0 aromatic rings. The number of nitrogens with two attached hydrogens (primary N) is 1. The van der Waals surface area contributed by atoms with Crippen LogP contribution in [0.25, 0.3) is 10.4 Å². The number of ether oxygens (including phenoxy) is 1. The van der Waals surface area contributed by atoms with E-state index < -0.39 is 24.5 Å². The van der Waals surface area contributed by atoms with Gasteiger partial charge >= 0.3 is 0 Å². The molecule has 0 saturated carbocycles. The normalized spacial score (nSPS) is 34.1. The molecule has 4 N–H and O–H groups in total. The predicted octanol–water partition coefficient (Wildman–Crippen LogP) is -0.599. The molecular formula is C10H14N6O3. The van der Waals surface area contributed by atoms with Crippen molar-refractivity contribution in [3.8, 4) is 0 Å². The van der Waals surface area contributed by atoms with Gasteiger partial charge in [-0.05, 0) is 11.6 Å². The van der Waals surface area contributed by atoms with Crippen molar-refractivity contribution in [2.24, 2.45) is 15.8 Å². The topological polar surface area (TPSA) is 140 Å². The van der Waals surface area contributed by atoms with Crippen LogP contribution in [-0.2, 0) is 4.74 Å². The Kier molecular flexibility index (Phi) is 3.72. The van der Waals surface area contributed by atoms with Crippen molar-refractivity contribution >= 4 is 5.84 Å². The summed E-state index contributed by atoms with van der Waals surface area (Å²) in [6, 6.07) is -0.877. The van der Waals surface area contributed by atoms with Gasteiger partial charge in [0.15, 0.2) is 0 Å². The molecule has 102 valence electrons. The second-order valence-electron chi connectivity index (χ2n) is 4.11. The summed E-state index contributed by atoms with van der Waals surface area (Å²) in [5, 5.41) is 22.6. The number of amidine groups is 1. The molecule has 19 heavy (non-hydrogen) atoms. The minimum absolute atomic E-state index is 0.291. The van der Waals surface area contributed by atoms with E-state index in [9.17, 15) is 5.11 Å². The highest BCUT2D eigenvalue weighted by atomic mass is 16.5.